The van der Waals surface area contributed by atoms with Crippen LogP contribution in [0.1, 0.15) is 38.3 Å². The van der Waals surface area contributed by atoms with E-state index in [-0.39, 0.29) is 23.3 Å². The quantitative estimate of drug-likeness (QED) is 0.892. The molecule has 1 aromatic rings. The van der Waals surface area contributed by atoms with Crippen LogP contribution in [-0.4, -0.2) is 40.4 Å². The standard InChI is InChI=1S/C17H23N3O3/c1-3-14(18-11(2)21)17(23)19-8-12-7-13(10-19)15-5-4-6-16(22)20(15)9-12/h4-6,12-14H,3,7-10H2,1-2H3,(H,18,21)/t12-,13+,14-/m0/s1. The summed E-state index contributed by atoms with van der Waals surface area (Å²) in [5, 5.41) is 2.74. The predicted molar refractivity (Wildman–Crippen MR) is 86.0 cm³/mol. The van der Waals surface area contributed by atoms with Crippen molar-refractivity contribution in [2.24, 2.45) is 5.92 Å². The SMILES string of the molecule is CC[C@H](NC(C)=O)C(=O)N1C[C@@H]2C[C@H](C1)c1cccc(=O)n1C2. The average Bonchev–Trinajstić information content (AvgIpc) is 2.52. The largest absolute Gasteiger partial charge is 0.345 e. The van der Waals surface area contributed by atoms with Crippen LogP contribution in [0, 0.1) is 5.92 Å². The second-order valence-corrected chi connectivity index (χ2v) is 6.60. The Morgan fingerprint density at radius 2 is 2.09 bits per heavy atom. The van der Waals surface area contributed by atoms with E-state index in [9.17, 15) is 14.4 Å². The zero-order chi connectivity index (χ0) is 16.6. The van der Waals surface area contributed by atoms with Crippen molar-refractivity contribution in [3.05, 3.63) is 34.2 Å². The molecule has 124 valence electrons. The molecule has 23 heavy (non-hydrogen) atoms. The number of carbonyl (C=O) groups excluding carboxylic acids is 2. The molecule has 2 amide bonds. The van der Waals surface area contributed by atoms with Gasteiger partial charge in [0.1, 0.15) is 6.04 Å². The van der Waals surface area contributed by atoms with Gasteiger partial charge in [-0.25, -0.2) is 0 Å². The van der Waals surface area contributed by atoms with Crippen molar-refractivity contribution in [1.29, 1.82) is 0 Å². The van der Waals surface area contributed by atoms with E-state index in [0.717, 1.165) is 12.1 Å². The van der Waals surface area contributed by atoms with Gasteiger partial charge in [0.05, 0.1) is 0 Å². The summed E-state index contributed by atoms with van der Waals surface area (Å²) >= 11 is 0. The molecule has 0 radical (unpaired) electrons. The molecule has 2 aliphatic heterocycles. The first kappa shape index (κ1) is 15.8. The van der Waals surface area contributed by atoms with E-state index >= 15 is 0 Å². The van der Waals surface area contributed by atoms with Gasteiger partial charge in [0.2, 0.25) is 11.8 Å². The molecule has 0 saturated carbocycles. The monoisotopic (exact) mass is 317 g/mol. The number of amides is 2. The lowest BCUT2D eigenvalue weighted by atomic mass is 9.83. The van der Waals surface area contributed by atoms with Crippen molar-refractivity contribution < 1.29 is 9.59 Å². The Hall–Kier alpha value is -2.11. The third-order valence-corrected chi connectivity index (χ3v) is 4.88. The summed E-state index contributed by atoms with van der Waals surface area (Å²) in [6, 6.07) is 4.92. The Kier molecular flexibility index (Phi) is 4.24. The molecule has 6 nitrogen and oxygen atoms in total. The molecular formula is C17H23N3O3. The van der Waals surface area contributed by atoms with E-state index in [1.165, 1.54) is 6.92 Å². The summed E-state index contributed by atoms with van der Waals surface area (Å²) < 4.78 is 1.85. The Labute approximate surface area is 135 Å². The molecule has 2 aliphatic rings. The summed E-state index contributed by atoms with van der Waals surface area (Å²) in [5.41, 5.74) is 1.07. The van der Waals surface area contributed by atoms with Crippen LogP contribution >= 0.6 is 0 Å². The highest BCUT2D eigenvalue weighted by atomic mass is 16.2. The molecule has 3 heterocycles. The third kappa shape index (κ3) is 3.02. The summed E-state index contributed by atoms with van der Waals surface area (Å²) in [7, 11) is 0. The first-order valence-corrected chi connectivity index (χ1v) is 8.25. The van der Waals surface area contributed by atoms with Crippen molar-refractivity contribution in [1.82, 2.24) is 14.8 Å². The molecule has 1 saturated heterocycles. The summed E-state index contributed by atoms with van der Waals surface area (Å²) in [4.78, 5) is 37.9. The highest BCUT2D eigenvalue weighted by molar-refractivity contribution is 5.87. The van der Waals surface area contributed by atoms with Crippen LogP contribution in [0.4, 0.5) is 0 Å². The second-order valence-electron chi connectivity index (χ2n) is 6.60. The number of nitrogens with one attached hydrogen (secondary N) is 1. The molecule has 2 bridgehead atoms. The molecule has 3 rings (SSSR count). The number of nitrogens with zero attached hydrogens (tertiary/aromatic N) is 2. The van der Waals surface area contributed by atoms with Gasteiger partial charge in [-0.2, -0.15) is 0 Å². The van der Waals surface area contributed by atoms with E-state index in [1.807, 2.05) is 22.5 Å². The smallest absolute Gasteiger partial charge is 0.250 e. The number of piperidine rings is 1. The zero-order valence-electron chi connectivity index (χ0n) is 13.6. The maximum atomic E-state index is 12.7. The number of hydrogen-bond acceptors (Lipinski definition) is 3. The average molecular weight is 317 g/mol. The van der Waals surface area contributed by atoms with E-state index in [4.69, 9.17) is 0 Å². The van der Waals surface area contributed by atoms with Gasteiger partial charge in [-0.05, 0) is 24.8 Å². The summed E-state index contributed by atoms with van der Waals surface area (Å²) in [6.45, 7) is 5.29. The lowest BCUT2D eigenvalue weighted by Crippen LogP contribution is -2.54. The van der Waals surface area contributed by atoms with Gasteiger partial charge in [-0.1, -0.05) is 13.0 Å². The van der Waals surface area contributed by atoms with Crippen LogP contribution in [0.15, 0.2) is 23.0 Å². The molecule has 0 aliphatic carbocycles. The molecule has 1 aromatic heterocycles. The summed E-state index contributed by atoms with van der Waals surface area (Å²) in [5.74, 6) is 0.318. The van der Waals surface area contributed by atoms with Gasteiger partial charge in [-0.3, -0.25) is 14.4 Å². The highest BCUT2D eigenvalue weighted by Crippen LogP contribution is 2.35. The lowest BCUT2D eigenvalue weighted by molar-refractivity contribution is -0.138. The third-order valence-electron chi connectivity index (χ3n) is 4.88. The van der Waals surface area contributed by atoms with Crippen molar-refractivity contribution in [2.75, 3.05) is 13.1 Å². The van der Waals surface area contributed by atoms with E-state index in [0.29, 0.717) is 32.0 Å². The number of aromatic nitrogens is 1. The van der Waals surface area contributed by atoms with Crippen LogP contribution in [-0.2, 0) is 16.1 Å². The van der Waals surface area contributed by atoms with Crippen molar-refractivity contribution in [2.45, 2.75) is 45.2 Å². The van der Waals surface area contributed by atoms with Crippen LogP contribution < -0.4 is 10.9 Å². The molecule has 6 heteroatoms. The highest BCUT2D eigenvalue weighted by Gasteiger charge is 2.37. The number of hydrogen-bond donors (Lipinski definition) is 1. The molecule has 1 fully saturated rings. The number of rotatable bonds is 3. The van der Waals surface area contributed by atoms with E-state index in [1.54, 1.807) is 12.1 Å². The fourth-order valence-electron chi connectivity index (χ4n) is 3.88. The summed E-state index contributed by atoms with van der Waals surface area (Å²) in [6.07, 6.45) is 1.60. The van der Waals surface area contributed by atoms with Crippen LogP contribution in [0.3, 0.4) is 0 Å². The number of carbonyl (C=O) groups is 2. The van der Waals surface area contributed by atoms with E-state index in [2.05, 4.69) is 5.32 Å². The number of fused-ring (bicyclic) bond motifs is 4. The van der Waals surface area contributed by atoms with Gasteiger partial charge in [-0.15, -0.1) is 0 Å². The minimum Gasteiger partial charge on any atom is -0.345 e. The topological polar surface area (TPSA) is 71.4 Å². The van der Waals surface area contributed by atoms with Gasteiger partial charge in [0.15, 0.2) is 0 Å². The Bertz CT molecular complexity index is 682. The minimum atomic E-state index is -0.454. The Morgan fingerprint density at radius 3 is 2.78 bits per heavy atom. The van der Waals surface area contributed by atoms with Crippen molar-refractivity contribution >= 4 is 11.8 Å². The van der Waals surface area contributed by atoms with Gasteiger partial charge < -0.3 is 14.8 Å². The minimum absolute atomic E-state index is 0.0101. The maximum absolute atomic E-state index is 12.7. The van der Waals surface area contributed by atoms with Gasteiger partial charge in [0.25, 0.3) is 5.56 Å². The number of pyridine rings is 1. The first-order valence-electron chi connectivity index (χ1n) is 8.25. The molecule has 0 aromatic carbocycles. The lowest BCUT2D eigenvalue weighted by Gasteiger charge is -2.43. The normalized spacial score (nSPS) is 23.8. The van der Waals surface area contributed by atoms with Crippen LogP contribution in [0.25, 0.3) is 0 Å². The Morgan fingerprint density at radius 1 is 1.30 bits per heavy atom. The fraction of sp³-hybridized carbons (Fsp3) is 0.588. The fourth-order valence-corrected chi connectivity index (χ4v) is 3.88. The van der Waals surface area contributed by atoms with Gasteiger partial charge >= 0.3 is 0 Å². The van der Waals surface area contributed by atoms with Crippen LogP contribution in [0.2, 0.25) is 0 Å². The maximum Gasteiger partial charge on any atom is 0.250 e. The second kappa shape index (κ2) is 6.18. The van der Waals surface area contributed by atoms with Crippen LogP contribution in [0.5, 0.6) is 0 Å². The molecule has 0 spiro atoms. The first-order chi connectivity index (χ1) is 11.0. The molecule has 3 atom stereocenters. The Balaban J connectivity index is 1.81. The van der Waals surface area contributed by atoms with Crippen molar-refractivity contribution in [3.8, 4) is 0 Å². The molecule has 1 N–H and O–H groups in total. The van der Waals surface area contributed by atoms with E-state index < -0.39 is 6.04 Å². The zero-order valence-corrected chi connectivity index (χ0v) is 13.6. The molecule has 0 unspecified atom stereocenters. The number of likely N-dealkylation sites (tertiary alicyclic amines) is 1. The predicted octanol–water partition coefficient (Wildman–Crippen LogP) is 0.709. The van der Waals surface area contributed by atoms with Gasteiger partial charge in [0, 0.05) is 44.2 Å². The van der Waals surface area contributed by atoms with Crippen molar-refractivity contribution in [3.63, 3.8) is 0 Å². The molecular weight excluding hydrogens is 294 g/mol.